The number of hydrogen-bond donors (Lipinski definition) is 2. The minimum absolute atomic E-state index is 0.494. The van der Waals surface area contributed by atoms with E-state index in [1.54, 1.807) is 0 Å². The quantitative estimate of drug-likeness (QED) is 0.834. The molecule has 1 aliphatic heterocycles. The Morgan fingerprint density at radius 2 is 1.95 bits per heavy atom. The molecule has 2 rings (SSSR count). The van der Waals surface area contributed by atoms with E-state index in [2.05, 4.69) is 54.5 Å². The number of nitrogens with zero attached hydrogens (tertiary/aromatic N) is 1. The van der Waals surface area contributed by atoms with Crippen molar-refractivity contribution in [3.05, 3.63) is 29.8 Å². The number of rotatable bonds is 4. The van der Waals surface area contributed by atoms with E-state index < -0.39 is 0 Å². The molecular formula is C17H27N3S. The molecule has 1 aliphatic rings. The van der Waals surface area contributed by atoms with Gasteiger partial charge in [-0.3, -0.25) is 0 Å². The molecule has 0 radical (unpaired) electrons. The molecule has 0 saturated carbocycles. The molecule has 1 aromatic rings. The van der Waals surface area contributed by atoms with Gasteiger partial charge in [0, 0.05) is 30.9 Å². The van der Waals surface area contributed by atoms with Gasteiger partial charge in [0.05, 0.1) is 0 Å². The zero-order valence-electron chi connectivity index (χ0n) is 13.4. The van der Waals surface area contributed by atoms with E-state index in [1.165, 1.54) is 5.56 Å². The smallest absolute Gasteiger partial charge is 0.171 e. The fourth-order valence-electron chi connectivity index (χ4n) is 2.85. The molecule has 1 fully saturated rings. The minimum atomic E-state index is 0.494. The number of likely N-dealkylation sites (tertiary alicyclic amines) is 1. The lowest BCUT2D eigenvalue weighted by Gasteiger charge is -2.35. The lowest BCUT2D eigenvalue weighted by Crippen LogP contribution is -2.47. The highest BCUT2D eigenvalue weighted by atomic mass is 32.1. The van der Waals surface area contributed by atoms with Gasteiger partial charge in [0.2, 0.25) is 0 Å². The van der Waals surface area contributed by atoms with Gasteiger partial charge in [-0.1, -0.05) is 25.1 Å². The molecule has 0 aliphatic carbocycles. The first kappa shape index (κ1) is 16.2. The van der Waals surface area contributed by atoms with Crippen LogP contribution < -0.4 is 10.6 Å². The summed E-state index contributed by atoms with van der Waals surface area (Å²) < 4.78 is 0. The fourth-order valence-corrected chi connectivity index (χ4v) is 3.13. The van der Waals surface area contributed by atoms with Crippen LogP contribution in [0, 0.1) is 0 Å². The van der Waals surface area contributed by atoms with Crippen LogP contribution in [0.3, 0.4) is 0 Å². The van der Waals surface area contributed by atoms with Crippen LogP contribution in [0.25, 0.3) is 0 Å². The SMILES string of the molecule is CCc1ccccc1NC(=S)NC1CCN(C(C)C)CC1. The van der Waals surface area contributed by atoms with Crippen LogP contribution in [0.1, 0.15) is 39.2 Å². The number of thiocarbonyl (C=S) groups is 1. The highest BCUT2D eigenvalue weighted by Gasteiger charge is 2.21. The standard InChI is InChI=1S/C17H27N3S/c1-4-14-7-5-6-8-16(14)19-17(21)18-15-9-11-20(12-10-15)13(2)3/h5-8,13,15H,4,9-12H2,1-3H3,(H2,18,19,21). The van der Waals surface area contributed by atoms with Crippen molar-refractivity contribution in [1.29, 1.82) is 0 Å². The van der Waals surface area contributed by atoms with E-state index in [1.807, 2.05) is 6.07 Å². The van der Waals surface area contributed by atoms with Gasteiger partial charge in [0.25, 0.3) is 0 Å². The van der Waals surface area contributed by atoms with Gasteiger partial charge >= 0.3 is 0 Å². The van der Waals surface area contributed by atoms with Gasteiger partial charge in [0.1, 0.15) is 0 Å². The Morgan fingerprint density at radius 1 is 1.29 bits per heavy atom. The van der Waals surface area contributed by atoms with Crippen LogP contribution in [0.4, 0.5) is 5.69 Å². The Morgan fingerprint density at radius 3 is 2.57 bits per heavy atom. The number of piperidine rings is 1. The van der Waals surface area contributed by atoms with Gasteiger partial charge in [-0.05, 0) is 57.0 Å². The number of benzene rings is 1. The Hall–Kier alpha value is -1.13. The monoisotopic (exact) mass is 305 g/mol. The molecule has 0 aromatic heterocycles. The molecule has 0 spiro atoms. The zero-order chi connectivity index (χ0) is 15.2. The first-order valence-corrected chi connectivity index (χ1v) is 8.40. The second kappa shape index (κ2) is 7.76. The van der Waals surface area contributed by atoms with Gasteiger partial charge in [0.15, 0.2) is 5.11 Å². The molecule has 0 atom stereocenters. The predicted octanol–water partition coefficient (Wildman–Crippen LogP) is 3.41. The van der Waals surface area contributed by atoms with Crippen molar-refractivity contribution in [1.82, 2.24) is 10.2 Å². The summed E-state index contributed by atoms with van der Waals surface area (Å²) in [6.45, 7) is 9.01. The number of anilines is 1. The molecule has 1 aromatic carbocycles. The van der Waals surface area contributed by atoms with Crippen molar-refractivity contribution in [2.24, 2.45) is 0 Å². The molecule has 116 valence electrons. The van der Waals surface area contributed by atoms with Gasteiger partial charge in [-0.15, -0.1) is 0 Å². The summed E-state index contributed by atoms with van der Waals surface area (Å²) >= 11 is 5.47. The van der Waals surface area contributed by atoms with Crippen LogP contribution in [-0.2, 0) is 6.42 Å². The van der Waals surface area contributed by atoms with Crippen LogP contribution in [-0.4, -0.2) is 35.2 Å². The highest BCUT2D eigenvalue weighted by molar-refractivity contribution is 7.80. The van der Waals surface area contributed by atoms with E-state index in [-0.39, 0.29) is 0 Å². The van der Waals surface area contributed by atoms with E-state index >= 15 is 0 Å². The van der Waals surface area contributed by atoms with Crippen molar-refractivity contribution in [3.8, 4) is 0 Å². The maximum Gasteiger partial charge on any atom is 0.171 e. The number of nitrogens with one attached hydrogen (secondary N) is 2. The van der Waals surface area contributed by atoms with Crippen molar-refractivity contribution < 1.29 is 0 Å². The third kappa shape index (κ3) is 4.68. The van der Waals surface area contributed by atoms with Crippen LogP contribution in [0.2, 0.25) is 0 Å². The largest absolute Gasteiger partial charge is 0.360 e. The molecular weight excluding hydrogens is 278 g/mol. The molecule has 0 bridgehead atoms. The Kier molecular flexibility index (Phi) is 6.00. The summed E-state index contributed by atoms with van der Waals surface area (Å²) in [6, 6.07) is 9.49. The third-order valence-corrected chi connectivity index (χ3v) is 4.46. The third-order valence-electron chi connectivity index (χ3n) is 4.24. The second-order valence-electron chi connectivity index (χ2n) is 6.01. The Labute approximate surface area is 134 Å². The molecule has 0 amide bonds. The lowest BCUT2D eigenvalue weighted by molar-refractivity contribution is 0.168. The summed E-state index contributed by atoms with van der Waals surface area (Å²) in [4.78, 5) is 2.53. The second-order valence-corrected chi connectivity index (χ2v) is 6.42. The molecule has 4 heteroatoms. The summed E-state index contributed by atoms with van der Waals surface area (Å²) in [5.41, 5.74) is 2.42. The molecule has 2 N–H and O–H groups in total. The summed E-state index contributed by atoms with van der Waals surface area (Å²) in [5.74, 6) is 0. The van der Waals surface area contributed by atoms with Crippen LogP contribution in [0.15, 0.2) is 24.3 Å². The van der Waals surface area contributed by atoms with Gasteiger partial charge < -0.3 is 15.5 Å². The molecule has 1 heterocycles. The first-order chi connectivity index (χ1) is 10.1. The molecule has 3 nitrogen and oxygen atoms in total. The van der Waals surface area contributed by atoms with Crippen LogP contribution >= 0.6 is 12.2 Å². The highest BCUT2D eigenvalue weighted by Crippen LogP contribution is 2.16. The maximum atomic E-state index is 5.47. The molecule has 0 unspecified atom stereocenters. The summed E-state index contributed by atoms with van der Waals surface area (Å²) in [5, 5.41) is 7.57. The zero-order valence-corrected chi connectivity index (χ0v) is 14.2. The Bertz CT molecular complexity index is 465. The summed E-state index contributed by atoms with van der Waals surface area (Å²) in [7, 11) is 0. The van der Waals surface area contributed by atoms with E-state index in [9.17, 15) is 0 Å². The summed E-state index contributed by atoms with van der Waals surface area (Å²) in [6.07, 6.45) is 3.34. The first-order valence-electron chi connectivity index (χ1n) is 7.99. The topological polar surface area (TPSA) is 27.3 Å². The molecule has 1 saturated heterocycles. The number of hydrogen-bond acceptors (Lipinski definition) is 2. The minimum Gasteiger partial charge on any atom is -0.360 e. The van der Waals surface area contributed by atoms with E-state index in [0.29, 0.717) is 12.1 Å². The fraction of sp³-hybridized carbons (Fsp3) is 0.588. The van der Waals surface area contributed by atoms with Gasteiger partial charge in [-0.25, -0.2) is 0 Å². The van der Waals surface area contributed by atoms with Crippen molar-refractivity contribution in [2.45, 2.75) is 52.1 Å². The van der Waals surface area contributed by atoms with Crippen molar-refractivity contribution >= 4 is 23.0 Å². The maximum absolute atomic E-state index is 5.47. The average Bonchev–Trinajstić information content (AvgIpc) is 2.48. The number of para-hydroxylation sites is 1. The van der Waals surface area contributed by atoms with Crippen LogP contribution in [0.5, 0.6) is 0 Å². The van der Waals surface area contributed by atoms with Crippen molar-refractivity contribution in [2.75, 3.05) is 18.4 Å². The molecule has 21 heavy (non-hydrogen) atoms. The number of aryl methyl sites for hydroxylation is 1. The average molecular weight is 305 g/mol. The van der Waals surface area contributed by atoms with Crippen molar-refractivity contribution in [3.63, 3.8) is 0 Å². The van der Waals surface area contributed by atoms with Gasteiger partial charge in [-0.2, -0.15) is 0 Å². The Balaban J connectivity index is 1.83. The van der Waals surface area contributed by atoms with E-state index in [4.69, 9.17) is 12.2 Å². The lowest BCUT2D eigenvalue weighted by atomic mass is 10.0. The normalized spacial score (nSPS) is 17.0. The van der Waals surface area contributed by atoms with E-state index in [0.717, 1.165) is 43.2 Å². The predicted molar refractivity (Wildman–Crippen MR) is 94.9 cm³/mol.